The van der Waals surface area contributed by atoms with Crippen LogP contribution in [-0.4, -0.2) is 32.7 Å². The van der Waals surface area contributed by atoms with Crippen LogP contribution in [0.5, 0.6) is 0 Å². The van der Waals surface area contributed by atoms with Gasteiger partial charge in [0.1, 0.15) is 6.07 Å². The molecule has 0 aromatic heterocycles. The summed E-state index contributed by atoms with van der Waals surface area (Å²) in [6, 6.07) is 13.6. The van der Waals surface area contributed by atoms with Crippen molar-refractivity contribution in [3.05, 3.63) is 58.1 Å². The molecule has 2 aromatic carbocycles. The molecule has 0 atom stereocenters. The van der Waals surface area contributed by atoms with E-state index < -0.39 is 10.4 Å². The van der Waals surface area contributed by atoms with E-state index in [0.29, 0.717) is 28.9 Å². The molecule has 0 amide bonds. The second-order valence-electron chi connectivity index (χ2n) is 6.55. The third-order valence-electron chi connectivity index (χ3n) is 4.37. The van der Waals surface area contributed by atoms with Gasteiger partial charge in [-0.05, 0) is 62.6 Å². The van der Waals surface area contributed by atoms with Crippen LogP contribution in [0.25, 0.3) is 0 Å². The average Bonchev–Trinajstić information content (AvgIpc) is 2.65. The summed E-state index contributed by atoms with van der Waals surface area (Å²) in [6.45, 7) is 8.57. The first-order valence-electron chi connectivity index (χ1n) is 9.17. The Morgan fingerprint density at radius 2 is 1.77 bits per heavy atom. The van der Waals surface area contributed by atoms with Gasteiger partial charge in [-0.2, -0.15) is 18.9 Å². The molecule has 0 spiro atoms. The third kappa shape index (κ3) is 7.37. The van der Waals surface area contributed by atoms with E-state index in [2.05, 4.69) is 10.3 Å². The molecule has 2 rings (SSSR count). The normalized spacial score (nSPS) is 10.4. The molecular formula is C21H26N4O4S. The van der Waals surface area contributed by atoms with Crippen LogP contribution in [0.1, 0.15) is 34.7 Å². The van der Waals surface area contributed by atoms with E-state index in [1.807, 2.05) is 56.0 Å². The standard InChI is InChI=1S/C11H17NO4S.C10H9N3/c1-3-12(7-8-16-17(13,14)15)11-6-4-5-10(2)9-11;1-6-3-10(13)9(5-12)7(2)8(6)4-11/h4-6,9H,3,7-8H2,1-2H3,(H,13,14,15);3H,13H2,1-2H3. The van der Waals surface area contributed by atoms with Gasteiger partial charge in [0, 0.05) is 18.8 Å². The fourth-order valence-electron chi connectivity index (χ4n) is 2.88. The number of anilines is 2. The first kappa shape index (κ1) is 24.9. The fraction of sp³-hybridized carbons (Fsp3) is 0.333. The number of benzene rings is 2. The van der Waals surface area contributed by atoms with Crippen molar-refractivity contribution in [3.63, 3.8) is 0 Å². The summed E-state index contributed by atoms with van der Waals surface area (Å²) in [5.74, 6) is 0. The summed E-state index contributed by atoms with van der Waals surface area (Å²) in [5, 5.41) is 17.6. The van der Waals surface area contributed by atoms with Crippen LogP contribution >= 0.6 is 0 Å². The van der Waals surface area contributed by atoms with E-state index in [1.165, 1.54) is 0 Å². The lowest BCUT2D eigenvalue weighted by atomic mass is 9.97. The van der Waals surface area contributed by atoms with Crippen molar-refractivity contribution in [2.24, 2.45) is 0 Å². The molecule has 160 valence electrons. The largest absolute Gasteiger partial charge is 0.398 e. The topological polar surface area (TPSA) is 140 Å². The minimum atomic E-state index is -4.35. The Morgan fingerprint density at radius 3 is 2.27 bits per heavy atom. The van der Waals surface area contributed by atoms with Gasteiger partial charge < -0.3 is 10.6 Å². The van der Waals surface area contributed by atoms with Gasteiger partial charge in [0.2, 0.25) is 0 Å². The van der Waals surface area contributed by atoms with E-state index in [9.17, 15) is 8.42 Å². The Morgan fingerprint density at radius 1 is 1.13 bits per heavy atom. The number of rotatable bonds is 6. The molecule has 0 saturated carbocycles. The van der Waals surface area contributed by atoms with Gasteiger partial charge in [-0.15, -0.1) is 0 Å². The van der Waals surface area contributed by atoms with Crippen LogP contribution < -0.4 is 10.6 Å². The molecule has 8 nitrogen and oxygen atoms in total. The van der Waals surface area contributed by atoms with E-state index in [4.69, 9.17) is 20.8 Å². The van der Waals surface area contributed by atoms with Crippen LogP contribution in [0.15, 0.2) is 30.3 Å². The Balaban J connectivity index is 0.000000311. The van der Waals surface area contributed by atoms with Gasteiger partial charge in [0.05, 0.1) is 29.5 Å². The lowest BCUT2D eigenvalue weighted by molar-refractivity contribution is 0.274. The number of nitrogens with two attached hydrogens (primary N) is 1. The minimum absolute atomic E-state index is 0.0688. The summed E-state index contributed by atoms with van der Waals surface area (Å²) in [6.07, 6.45) is 0. The molecule has 0 aliphatic carbocycles. The summed E-state index contributed by atoms with van der Waals surface area (Å²) in [7, 11) is -4.35. The molecule has 0 heterocycles. The summed E-state index contributed by atoms with van der Waals surface area (Å²) in [4.78, 5) is 1.97. The first-order valence-corrected chi connectivity index (χ1v) is 10.5. The molecule has 30 heavy (non-hydrogen) atoms. The summed E-state index contributed by atoms with van der Waals surface area (Å²) >= 11 is 0. The van der Waals surface area contributed by atoms with E-state index in [1.54, 1.807) is 13.0 Å². The van der Waals surface area contributed by atoms with Gasteiger partial charge >= 0.3 is 10.4 Å². The smallest absolute Gasteiger partial charge is 0.397 e. The SMILES string of the molecule is CCN(CCOS(=O)(=O)O)c1cccc(C)c1.Cc1cc(N)c(C#N)c(C)c1C#N. The molecule has 0 fully saturated rings. The zero-order valence-corrected chi connectivity index (χ0v) is 18.3. The van der Waals surface area contributed by atoms with Crippen LogP contribution in [0.3, 0.4) is 0 Å². The Hall–Kier alpha value is -3.11. The minimum Gasteiger partial charge on any atom is -0.398 e. The number of nitrogen functional groups attached to an aromatic ring is 1. The highest BCUT2D eigenvalue weighted by atomic mass is 32.3. The van der Waals surface area contributed by atoms with Crippen molar-refractivity contribution in [3.8, 4) is 12.1 Å². The maximum atomic E-state index is 10.4. The summed E-state index contributed by atoms with van der Waals surface area (Å²) in [5.41, 5.74) is 10.6. The first-order chi connectivity index (χ1) is 14.0. The Bertz CT molecular complexity index is 1030. The number of aryl methyl sites for hydroxylation is 2. The van der Waals surface area contributed by atoms with Gasteiger partial charge in [0.15, 0.2) is 0 Å². The molecular weight excluding hydrogens is 404 g/mol. The number of hydrogen-bond donors (Lipinski definition) is 2. The predicted molar refractivity (Wildman–Crippen MR) is 116 cm³/mol. The maximum absolute atomic E-state index is 10.4. The highest BCUT2D eigenvalue weighted by molar-refractivity contribution is 7.80. The highest BCUT2D eigenvalue weighted by Gasteiger charge is 2.10. The number of likely N-dealkylation sites (N-methyl/N-ethyl adjacent to an activating group) is 1. The van der Waals surface area contributed by atoms with Crippen LogP contribution in [0, 0.1) is 43.4 Å². The van der Waals surface area contributed by atoms with Crippen molar-refractivity contribution < 1.29 is 17.2 Å². The average molecular weight is 431 g/mol. The molecule has 0 unspecified atom stereocenters. The highest BCUT2D eigenvalue weighted by Crippen LogP contribution is 2.22. The van der Waals surface area contributed by atoms with Gasteiger partial charge in [-0.3, -0.25) is 4.55 Å². The fourth-order valence-corrected chi connectivity index (χ4v) is 3.17. The Kier molecular flexibility index (Phi) is 9.28. The lowest BCUT2D eigenvalue weighted by Crippen LogP contribution is -2.27. The molecule has 0 aliphatic heterocycles. The molecule has 0 saturated heterocycles. The second kappa shape index (κ2) is 11.2. The molecule has 3 N–H and O–H groups in total. The van der Waals surface area contributed by atoms with Crippen molar-refractivity contribution >= 4 is 21.8 Å². The quantitative estimate of drug-likeness (QED) is 0.525. The van der Waals surface area contributed by atoms with Gasteiger partial charge in [0.25, 0.3) is 0 Å². The number of hydrogen-bond acceptors (Lipinski definition) is 7. The molecule has 2 aromatic rings. The zero-order chi connectivity index (χ0) is 22.9. The second-order valence-corrected chi connectivity index (χ2v) is 7.64. The van der Waals surface area contributed by atoms with Crippen molar-refractivity contribution in [1.29, 1.82) is 10.5 Å². The third-order valence-corrected chi connectivity index (χ3v) is 4.84. The molecule has 0 bridgehead atoms. The lowest BCUT2D eigenvalue weighted by Gasteiger charge is -2.22. The Labute approximate surface area is 178 Å². The monoisotopic (exact) mass is 430 g/mol. The predicted octanol–water partition coefficient (Wildman–Crippen LogP) is 3.27. The molecule has 0 aliphatic rings. The van der Waals surface area contributed by atoms with Crippen molar-refractivity contribution in [2.45, 2.75) is 27.7 Å². The number of nitriles is 2. The van der Waals surface area contributed by atoms with Gasteiger partial charge in [-0.1, -0.05) is 12.1 Å². The van der Waals surface area contributed by atoms with Crippen LogP contribution in [0.4, 0.5) is 11.4 Å². The van der Waals surface area contributed by atoms with Crippen LogP contribution in [0.2, 0.25) is 0 Å². The zero-order valence-electron chi connectivity index (χ0n) is 17.5. The van der Waals surface area contributed by atoms with E-state index >= 15 is 0 Å². The van der Waals surface area contributed by atoms with Crippen molar-refractivity contribution in [1.82, 2.24) is 0 Å². The molecule has 9 heteroatoms. The van der Waals surface area contributed by atoms with Gasteiger partial charge in [-0.25, -0.2) is 4.18 Å². The van der Waals surface area contributed by atoms with Crippen molar-refractivity contribution in [2.75, 3.05) is 30.3 Å². The van der Waals surface area contributed by atoms with E-state index in [0.717, 1.165) is 23.4 Å². The van der Waals surface area contributed by atoms with E-state index in [-0.39, 0.29) is 6.61 Å². The maximum Gasteiger partial charge on any atom is 0.397 e. The van der Waals surface area contributed by atoms with Crippen LogP contribution in [-0.2, 0) is 14.6 Å². The summed E-state index contributed by atoms with van der Waals surface area (Å²) < 4.78 is 33.6. The number of nitrogens with zero attached hydrogens (tertiary/aromatic N) is 3. The molecule has 0 radical (unpaired) electrons.